The number of nitrogen functional groups attached to an aromatic ring is 1. The molecule has 0 aliphatic rings. The number of rotatable bonds is 2. The standard InChI is InChI=1S/C13H8Br2N4O/c14-7-3-4-10(16)8(6-7)13-18-12(19-20-13)11-9(15)2-1-5-17-11/h1-6H,16H2. The Bertz CT molecular complexity index is 773. The van der Waals surface area contributed by atoms with Gasteiger partial charge in [0.15, 0.2) is 0 Å². The average Bonchev–Trinajstić information content (AvgIpc) is 2.91. The van der Waals surface area contributed by atoms with Gasteiger partial charge in [-0.1, -0.05) is 21.1 Å². The topological polar surface area (TPSA) is 77.8 Å². The van der Waals surface area contributed by atoms with Gasteiger partial charge >= 0.3 is 0 Å². The van der Waals surface area contributed by atoms with Crippen LogP contribution in [0.3, 0.4) is 0 Å². The van der Waals surface area contributed by atoms with Crippen molar-refractivity contribution in [3.8, 4) is 23.0 Å². The molecule has 0 unspecified atom stereocenters. The molecule has 0 atom stereocenters. The number of pyridine rings is 1. The zero-order valence-electron chi connectivity index (χ0n) is 10.0. The summed E-state index contributed by atoms with van der Waals surface area (Å²) in [5.74, 6) is 0.767. The Morgan fingerprint density at radius 1 is 1.15 bits per heavy atom. The van der Waals surface area contributed by atoms with Crippen molar-refractivity contribution in [1.29, 1.82) is 0 Å². The Balaban J connectivity index is 2.07. The molecule has 0 bridgehead atoms. The van der Waals surface area contributed by atoms with E-state index in [-0.39, 0.29) is 0 Å². The first kappa shape index (κ1) is 13.3. The van der Waals surface area contributed by atoms with Gasteiger partial charge in [0, 0.05) is 20.8 Å². The van der Waals surface area contributed by atoms with Crippen LogP contribution in [0.15, 0.2) is 50.0 Å². The van der Waals surface area contributed by atoms with E-state index in [1.165, 1.54) is 0 Å². The third kappa shape index (κ3) is 2.46. The van der Waals surface area contributed by atoms with Crippen LogP contribution in [-0.2, 0) is 0 Å². The van der Waals surface area contributed by atoms with E-state index in [1.54, 1.807) is 12.3 Å². The van der Waals surface area contributed by atoms with Crippen molar-refractivity contribution in [3.63, 3.8) is 0 Å². The Morgan fingerprint density at radius 2 is 2.00 bits per heavy atom. The van der Waals surface area contributed by atoms with E-state index in [0.29, 0.717) is 28.7 Å². The Labute approximate surface area is 131 Å². The fourth-order valence-electron chi connectivity index (χ4n) is 1.69. The summed E-state index contributed by atoms with van der Waals surface area (Å²) in [4.78, 5) is 8.57. The van der Waals surface area contributed by atoms with Gasteiger partial charge in [-0.05, 0) is 46.3 Å². The van der Waals surface area contributed by atoms with E-state index in [2.05, 4.69) is 47.0 Å². The fourth-order valence-corrected chi connectivity index (χ4v) is 2.49. The van der Waals surface area contributed by atoms with E-state index < -0.39 is 0 Å². The number of nitrogens with two attached hydrogens (primary N) is 1. The molecular weight excluding hydrogens is 388 g/mol. The molecule has 0 saturated carbocycles. The lowest BCUT2D eigenvalue weighted by Gasteiger charge is -2.00. The number of nitrogens with zero attached hydrogens (tertiary/aromatic N) is 3. The molecule has 0 aliphatic carbocycles. The van der Waals surface area contributed by atoms with Gasteiger partial charge in [-0.25, -0.2) is 0 Å². The van der Waals surface area contributed by atoms with E-state index in [0.717, 1.165) is 8.95 Å². The molecule has 0 spiro atoms. The van der Waals surface area contributed by atoms with E-state index in [1.807, 2.05) is 24.3 Å². The Morgan fingerprint density at radius 3 is 2.80 bits per heavy atom. The van der Waals surface area contributed by atoms with Crippen LogP contribution < -0.4 is 5.73 Å². The Kier molecular flexibility index (Phi) is 3.54. The summed E-state index contributed by atoms with van der Waals surface area (Å²) in [6.45, 7) is 0. The van der Waals surface area contributed by atoms with Gasteiger partial charge in [0.25, 0.3) is 5.89 Å². The number of benzene rings is 1. The molecule has 7 heteroatoms. The highest BCUT2D eigenvalue weighted by molar-refractivity contribution is 9.10. The quantitative estimate of drug-likeness (QED) is 0.665. The van der Waals surface area contributed by atoms with Crippen LogP contribution in [0.5, 0.6) is 0 Å². The van der Waals surface area contributed by atoms with Crippen LogP contribution in [0.4, 0.5) is 5.69 Å². The van der Waals surface area contributed by atoms with Crippen molar-refractivity contribution < 1.29 is 4.52 Å². The molecule has 3 rings (SSSR count). The summed E-state index contributed by atoms with van der Waals surface area (Å²) in [6.07, 6.45) is 1.67. The molecule has 5 nitrogen and oxygen atoms in total. The zero-order chi connectivity index (χ0) is 14.1. The smallest absolute Gasteiger partial charge is 0.260 e. The summed E-state index contributed by atoms with van der Waals surface area (Å²) < 4.78 is 6.96. The molecule has 0 fully saturated rings. The van der Waals surface area contributed by atoms with Gasteiger partial charge < -0.3 is 10.3 Å². The van der Waals surface area contributed by atoms with Crippen molar-refractivity contribution in [2.45, 2.75) is 0 Å². The molecule has 100 valence electrons. The lowest BCUT2D eigenvalue weighted by molar-refractivity contribution is 0.432. The molecule has 0 saturated heterocycles. The molecule has 1 aromatic carbocycles. The highest BCUT2D eigenvalue weighted by Crippen LogP contribution is 2.30. The summed E-state index contributed by atoms with van der Waals surface area (Å²) in [5.41, 5.74) is 7.81. The van der Waals surface area contributed by atoms with Crippen LogP contribution in [0.25, 0.3) is 23.0 Å². The van der Waals surface area contributed by atoms with Crippen molar-refractivity contribution in [2.75, 3.05) is 5.73 Å². The van der Waals surface area contributed by atoms with Gasteiger partial charge in [0.05, 0.1) is 5.56 Å². The molecule has 2 aromatic heterocycles. The van der Waals surface area contributed by atoms with Crippen LogP contribution in [-0.4, -0.2) is 15.1 Å². The number of halogens is 2. The molecule has 0 radical (unpaired) electrons. The largest absolute Gasteiger partial charge is 0.398 e. The monoisotopic (exact) mass is 394 g/mol. The van der Waals surface area contributed by atoms with E-state index in [4.69, 9.17) is 10.3 Å². The van der Waals surface area contributed by atoms with Crippen LogP contribution in [0, 0.1) is 0 Å². The second kappa shape index (κ2) is 5.34. The lowest BCUT2D eigenvalue weighted by Crippen LogP contribution is -1.90. The maximum atomic E-state index is 5.93. The van der Waals surface area contributed by atoms with E-state index in [9.17, 15) is 0 Å². The third-order valence-electron chi connectivity index (χ3n) is 2.64. The van der Waals surface area contributed by atoms with Crippen molar-refractivity contribution in [2.24, 2.45) is 0 Å². The normalized spacial score (nSPS) is 10.7. The highest BCUT2D eigenvalue weighted by atomic mass is 79.9. The van der Waals surface area contributed by atoms with Gasteiger partial charge in [0.1, 0.15) is 5.69 Å². The van der Waals surface area contributed by atoms with Crippen LogP contribution >= 0.6 is 31.9 Å². The molecule has 2 N–H and O–H groups in total. The first-order chi connectivity index (χ1) is 9.65. The minimum absolute atomic E-state index is 0.358. The second-order valence-corrected chi connectivity index (χ2v) is 5.76. The second-order valence-electron chi connectivity index (χ2n) is 3.99. The van der Waals surface area contributed by atoms with Gasteiger partial charge in [-0.15, -0.1) is 0 Å². The highest BCUT2D eigenvalue weighted by Gasteiger charge is 2.15. The molecule has 0 amide bonds. The maximum Gasteiger partial charge on any atom is 0.260 e. The van der Waals surface area contributed by atoms with E-state index >= 15 is 0 Å². The van der Waals surface area contributed by atoms with Crippen LogP contribution in [0.2, 0.25) is 0 Å². The predicted molar refractivity (Wildman–Crippen MR) is 82.8 cm³/mol. The van der Waals surface area contributed by atoms with Crippen molar-refractivity contribution in [1.82, 2.24) is 15.1 Å². The molecule has 20 heavy (non-hydrogen) atoms. The molecule has 0 aliphatic heterocycles. The maximum absolute atomic E-state index is 5.93. The molecular formula is C13H8Br2N4O. The van der Waals surface area contributed by atoms with Gasteiger partial charge in [-0.3, -0.25) is 4.98 Å². The first-order valence-corrected chi connectivity index (χ1v) is 7.24. The molecule has 2 heterocycles. The third-order valence-corrected chi connectivity index (χ3v) is 3.78. The Hall–Kier alpha value is -1.73. The van der Waals surface area contributed by atoms with Gasteiger partial charge in [-0.2, -0.15) is 4.98 Å². The number of anilines is 1. The predicted octanol–water partition coefficient (Wildman–Crippen LogP) is 3.91. The zero-order valence-corrected chi connectivity index (χ0v) is 13.2. The van der Waals surface area contributed by atoms with Crippen molar-refractivity contribution >= 4 is 37.5 Å². The average molecular weight is 396 g/mol. The van der Waals surface area contributed by atoms with Crippen molar-refractivity contribution in [3.05, 3.63) is 45.5 Å². The minimum atomic E-state index is 0.358. The van der Waals surface area contributed by atoms with Gasteiger partial charge in [0.2, 0.25) is 5.82 Å². The lowest BCUT2D eigenvalue weighted by atomic mass is 10.2. The first-order valence-electron chi connectivity index (χ1n) is 5.65. The SMILES string of the molecule is Nc1ccc(Br)cc1-c1nc(-c2ncccc2Br)no1. The minimum Gasteiger partial charge on any atom is -0.398 e. The summed E-state index contributed by atoms with van der Waals surface area (Å²) in [6, 6.07) is 9.15. The molecule has 3 aromatic rings. The summed E-state index contributed by atoms with van der Waals surface area (Å²) in [5, 5.41) is 3.94. The summed E-state index contributed by atoms with van der Waals surface area (Å²) in [7, 11) is 0. The number of hydrogen-bond donors (Lipinski definition) is 1. The number of hydrogen-bond acceptors (Lipinski definition) is 5. The fraction of sp³-hybridized carbons (Fsp3) is 0. The van der Waals surface area contributed by atoms with Crippen LogP contribution in [0.1, 0.15) is 0 Å². The number of aromatic nitrogens is 3. The summed E-state index contributed by atoms with van der Waals surface area (Å²) >= 11 is 6.80.